The van der Waals surface area contributed by atoms with Crippen LogP contribution in [0.25, 0.3) is 11.0 Å². The molecule has 1 amide bonds. The lowest BCUT2D eigenvalue weighted by Crippen LogP contribution is -2.40. The van der Waals surface area contributed by atoms with E-state index in [1.54, 1.807) is 6.07 Å². The number of thiophene rings is 1. The van der Waals surface area contributed by atoms with E-state index in [1.807, 2.05) is 29.8 Å². The van der Waals surface area contributed by atoms with E-state index in [0.717, 1.165) is 16.8 Å². The van der Waals surface area contributed by atoms with Crippen molar-refractivity contribution in [3.8, 4) is 0 Å². The first kappa shape index (κ1) is 23.0. The first-order valence-electron chi connectivity index (χ1n) is 9.88. The molecule has 170 valence electrons. The zero-order chi connectivity index (χ0) is 23.4. The van der Waals surface area contributed by atoms with Gasteiger partial charge in [0.2, 0.25) is 5.95 Å². The molecule has 0 bridgehead atoms. The molecule has 3 aromatic rings. The Hall–Kier alpha value is -3.67. The third-order valence-electron chi connectivity index (χ3n) is 5.04. The molecular formula is C20H24N6O5S. The maximum atomic E-state index is 12.4. The second-order valence-corrected chi connectivity index (χ2v) is 8.51. The monoisotopic (exact) mass is 460 g/mol. The van der Waals surface area contributed by atoms with Crippen molar-refractivity contribution in [3.63, 3.8) is 0 Å². The minimum atomic E-state index is -1.27. The molecular weight excluding hydrogens is 436 g/mol. The number of aryl methyl sites for hydroxylation is 1. The Morgan fingerprint density at radius 2 is 1.91 bits per heavy atom. The molecule has 3 rings (SSSR count). The Bertz CT molecular complexity index is 1160. The zero-order valence-corrected chi connectivity index (χ0v) is 18.1. The average molecular weight is 461 g/mol. The number of carbonyl (C=O) groups is 3. The largest absolute Gasteiger partial charge is 0.481 e. The van der Waals surface area contributed by atoms with E-state index in [4.69, 9.17) is 16.6 Å². The third-order valence-corrected chi connectivity index (χ3v) is 6.36. The molecule has 0 fully saturated rings. The van der Waals surface area contributed by atoms with Crippen LogP contribution in [0, 0.1) is 0 Å². The fourth-order valence-corrected chi connectivity index (χ4v) is 4.31. The summed E-state index contributed by atoms with van der Waals surface area (Å²) < 4.78 is 1.96. The minimum absolute atomic E-state index is 0.122. The number of carboxylic acid groups (broad SMARTS) is 2. The maximum Gasteiger partial charge on any atom is 0.326 e. The van der Waals surface area contributed by atoms with Gasteiger partial charge in [0, 0.05) is 24.0 Å². The number of amides is 1. The van der Waals surface area contributed by atoms with Crippen molar-refractivity contribution in [2.45, 2.75) is 44.7 Å². The molecule has 0 aliphatic rings. The molecule has 0 aliphatic heterocycles. The highest BCUT2D eigenvalue weighted by Crippen LogP contribution is 2.29. The first-order chi connectivity index (χ1) is 15.2. The summed E-state index contributed by atoms with van der Waals surface area (Å²) in [5.41, 5.74) is 13.0. The lowest BCUT2D eigenvalue weighted by atomic mass is 10.1. The lowest BCUT2D eigenvalue weighted by molar-refractivity contribution is -0.140. The predicted octanol–water partition coefficient (Wildman–Crippen LogP) is 1.90. The molecule has 2 atom stereocenters. The number of nitrogens with zero attached hydrogens (tertiary/aromatic N) is 3. The van der Waals surface area contributed by atoms with Crippen molar-refractivity contribution in [1.82, 2.24) is 19.9 Å². The van der Waals surface area contributed by atoms with E-state index >= 15 is 0 Å². The van der Waals surface area contributed by atoms with Crippen LogP contribution >= 0.6 is 11.3 Å². The summed E-state index contributed by atoms with van der Waals surface area (Å²) in [6.45, 7) is 2.68. The van der Waals surface area contributed by atoms with Gasteiger partial charge in [0.25, 0.3) is 5.91 Å². The Balaban J connectivity index is 1.63. The van der Waals surface area contributed by atoms with Gasteiger partial charge in [-0.25, -0.2) is 9.78 Å². The van der Waals surface area contributed by atoms with Crippen LogP contribution in [0.15, 0.2) is 24.4 Å². The number of aliphatic carboxylic acids is 2. The Morgan fingerprint density at radius 3 is 2.59 bits per heavy atom. The number of nitrogens with two attached hydrogens (primary N) is 2. The molecule has 32 heavy (non-hydrogen) atoms. The highest BCUT2D eigenvalue weighted by molar-refractivity contribution is 7.14. The van der Waals surface area contributed by atoms with Gasteiger partial charge in [0.05, 0.1) is 10.4 Å². The summed E-state index contributed by atoms with van der Waals surface area (Å²) in [6, 6.07) is 4.04. The van der Waals surface area contributed by atoms with E-state index < -0.39 is 23.9 Å². The fraction of sp³-hybridized carbons (Fsp3) is 0.350. The third kappa shape index (κ3) is 5.32. The summed E-state index contributed by atoms with van der Waals surface area (Å²) in [7, 11) is 0. The number of nitrogens with one attached hydrogen (secondary N) is 1. The van der Waals surface area contributed by atoms with Crippen LogP contribution in [0.5, 0.6) is 0 Å². The van der Waals surface area contributed by atoms with Gasteiger partial charge in [-0.15, -0.1) is 11.3 Å². The van der Waals surface area contributed by atoms with E-state index in [9.17, 15) is 19.5 Å². The van der Waals surface area contributed by atoms with Gasteiger partial charge >= 0.3 is 11.9 Å². The molecule has 0 spiro atoms. The average Bonchev–Trinajstić information content (AvgIpc) is 3.36. The number of fused-ring (bicyclic) bond motifs is 1. The second kappa shape index (κ2) is 9.64. The summed E-state index contributed by atoms with van der Waals surface area (Å²) >= 11 is 1.28. The molecule has 11 nitrogen and oxygen atoms in total. The van der Waals surface area contributed by atoms with Crippen molar-refractivity contribution >= 4 is 52.0 Å². The van der Waals surface area contributed by atoms with Crippen LogP contribution in [-0.4, -0.2) is 48.6 Å². The molecule has 0 saturated carbocycles. The predicted molar refractivity (Wildman–Crippen MR) is 119 cm³/mol. The highest BCUT2D eigenvalue weighted by Gasteiger charge is 2.23. The number of nitrogen functional groups attached to an aromatic ring is 2. The summed E-state index contributed by atoms with van der Waals surface area (Å²) in [5.74, 6) is -2.37. The second-order valence-electron chi connectivity index (χ2n) is 7.40. The van der Waals surface area contributed by atoms with Gasteiger partial charge in [-0.2, -0.15) is 4.98 Å². The van der Waals surface area contributed by atoms with Crippen molar-refractivity contribution in [2.75, 3.05) is 11.5 Å². The summed E-state index contributed by atoms with van der Waals surface area (Å²) in [4.78, 5) is 43.9. The standard InChI is InChI=1S/C20H24N6O5S/c1-10(6-8-26-9-7-11-16(26)17(21)25-20(22)24-11)13-3-4-14(32-13)18(29)23-12(19(30)31)2-5-15(27)28/h3-4,7,9-10,12H,2,5-6,8H2,1H3,(H,23,29)(H,27,28)(H,30,31)(H4,21,22,24,25)/t10?,12-/m1/s1. The van der Waals surface area contributed by atoms with Gasteiger partial charge in [-0.05, 0) is 37.0 Å². The SMILES string of the molecule is CC(CCn1ccc2nc(N)nc(N)c21)c1ccc(C(=O)N[C@H](CCC(=O)O)C(=O)O)s1. The maximum absolute atomic E-state index is 12.4. The summed E-state index contributed by atoms with van der Waals surface area (Å²) in [6.07, 6.45) is 2.10. The van der Waals surface area contributed by atoms with Crippen molar-refractivity contribution < 1.29 is 24.6 Å². The molecule has 0 saturated heterocycles. The molecule has 0 aliphatic carbocycles. The molecule has 12 heteroatoms. The topological polar surface area (TPSA) is 186 Å². The molecule has 0 radical (unpaired) electrons. The normalized spacial score (nSPS) is 13.0. The van der Waals surface area contributed by atoms with Crippen molar-refractivity contribution in [3.05, 3.63) is 34.2 Å². The van der Waals surface area contributed by atoms with Crippen LogP contribution in [-0.2, 0) is 16.1 Å². The Kier molecular flexibility index (Phi) is 6.93. The molecule has 1 unspecified atom stereocenters. The van der Waals surface area contributed by atoms with Crippen molar-refractivity contribution in [2.24, 2.45) is 0 Å². The smallest absolute Gasteiger partial charge is 0.326 e. The first-order valence-corrected chi connectivity index (χ1v) is 10.7. The molecule has 7 N–H and O–H groups in total. The van der Waals surface area contributed by atoms with E-state index in [2.05, 4.69) is 15.3 Å². The minimum Gasteiger partial charge on any atom is -0.481 e. The van der Waals surface area contributed by atoms with Crippen LogP contribution in [0.1, 0.15) is 46.7 Å². The number of rotatable bonds is 10. The number of hydrogen-bond donors (Lipinski definition) is 5. The number of anilines is 2. The van der Waals surface area contributed by atoms with Crippen molar-refractivity contribution in [1.29, 1.82) is 0 Å². The quantitative estimate of drug-likeness (QED) is 0.301. The fourth-order valence-electron chi connectivity index (χ4n) is 3.31. The van der Waals surface area contributed by atoms with Gasteiger partial charge in [-0.3, -0.25) is 9.59 Å². The number of carbonyl (C=O) groups excluding carboxylic acids is 1. The number of hydrogen-bond acceptors (Lipinski definition) is 8. The van der Waals surface area contributed by atoms with Gasteiger partial charge in [0.1, 0.15) is 11.6 Å². The van der Waals surface area contributed by atoms with Gasteiger partial charge in [0.15, 0.2) is 5.82 Å². The highest BCUT2D eigenvalue weighted by atomic mass is 32.1. The Morgan fingerprint density at radius 1 is 1.16 bits per heavy atom. The zero-order valence-electron chi connectivity index (χ0n) is 17.3. The number of aromatic nitrogens is 3. The number of carboxylic acids is 2. The van der Waals surface area contributed by atoms with E-state index in [-0.39, 0.29) is 24.7 Å². The summed E-state index contributed by atoms with van der Waals surface area (Å²) in [5, 5.41) is 20.3. The van der Waals surface area contributed by atoms with E-state index in [0.29, 0.717) is 22.8 Å². The van der Waals surface area contributed by atoms with Crippen LogP contribution in [0.2, 0.25) is 0 Å². The van der Waals surface area contributed by atoms with Gasteiger partial charge in [-0.1, -0.05) is 6.92 Å². The van der Waals surface area contributed by atoms with Crippen LogP contribution in [0.4, 0.5) is 11.8 Å². The van der Waals surface area contributed by atoms with Crippen LogP contribution in [0.3, 0.4) is 0 Å². The lowest BCUT2D eigenvalue weighted by Gasteiger charge is -2.13. The Labute approximate surface area is 187 Å². The van der Waals surface area contributed by atoms with E-state index in [1.165, 1.54) is 11.3 Å². The van der Waals surface area contributed by atoms with Crippen LogP contribution < -0.4 is 16.8 Å². The van der Waals surface area contributed by atoms with Gasteiger partial charge < -0.3 is 31.6 Å². The molecule has 3 heterocycles. The molecule has 0 aromatic carbocycles. The molecule has 3 aromatic heterocycles.